The molecular formula is C18H18N3OP. The number of pyridine rings is 3. The van der Waals surface area contributed by atoms with E-state index in [0.29, 0.717) is 16.3 Å². The summed E-state index contributed by atoms with van der Waals surface area (Å²) in [6, 6.07) is 16.7. The normalized spacial score (nSPS) is 11.4. The van der Waals surface area contributed by atoms with Crippen molar-refractivity contribution >= 4 is 23.4 Å². The second-order valence-electron chi connectivity index (χ2n) is 5.52. The first-order chi connectivity index (χ1) is 11.0. The summed E-state index contributed by atoms with van der Waals surface area (Å²) in [5.74, 6) is 0. The first kappa shape index (κ1) is 15.6. The topological polar surface area (TPSA) is 55.7 Å². The molecule has 0 unspecified atom stereocenters. The predicted octanol–water partition coefficient (Wildman–Crippen LogP) is 2.44. The summed E-state index contributed by atoms with van der Waals surface area (Å²) in [6.45, 7) is 5.67. The van der Waals surface area contributed by atoms with E-state index in [1.54, 1.807) is 18.2 Å². The Balaban J connectivity index is 2.32. The van der Waals surface area contributed by atoms with Gasteiger partial charge in [0.1, 0.15) is 16.3 Å². The molecule has 0 bridgehead atoms. The van der Waals surface area contributed by atoms with Crippen LogP contribution in [0.4, 0.5) is 0 Å². The third-order valence-electron chi connectivity index (χ3n) is 3.59. The van der Waals surface area contributed by atoms with Crippen LogP contribution in [0.15, 0.2) is 54.6 Å². The van der Waals surface area contributed by atoms with Gasteiger partial charge in [-0.15, -0.1) is 0 Å². The van der Waals surface area contributed by atoms with Gasteiger partial charge in [-0.25, -0.2) is 15.0 Å². The summed E-state index contributed by atoms with van der Waals surface area (Å²) in [5.41, 5.74) is 4.03. The molecule has 0 aliphatic carbocycles. The molecule has 116 valence electrons. The Morgan fingerprint density at radius 1 is 0.609 bits per heavy atom. The second kappa shape index (κ2) is 6.05. The average molecular weight is 323 g/mol. The fraction of sp³-hybridized carbons (Fsp3) is 0.167. The van der Waals surface area contributed by atoms with Gasteiger partial charge in [0.15, 0.2) is 0 Å². The molecule has 3 heterocycles. The van der Waals surface area contributed by atoms with Crippen LogP contribution < -0.4 is 16.3 Å². The van der Waals surface area contributed by atoms with Crippen LogP contribution in [0.5, 0.6) is 0 Å². The van der Waals surface area contributed by atoms with Gasteiger partial charge in [0.05, 0.1) is 0 Å². The third-order valence-corrected chi connectivity index (χ3v) is 6.27. The zero-order chi connectivity index (χ0) is 16.4. The molecule has 0 aliphatic heterocycles. The van der Waals surface area contributed by atoms with Gasteiger partial charge in [-0.05, 0) is 57.2 Å². The highest BCUT2D eigenvalue weighted by Gasteiger charge is 2.34. The molecule has 0 saturated carbocycles. The maximum Gasteiger partial charge on any atom is 0.223 e. The molecule has 0 fully saturated rings. The summed E-state index contributed by atoms with van der Waals surface area (Å²) >= 11 is 0. The van der Waals surface area contributed by atoms with Gasteiger partial charge in [-0.2, -0.15) is 0 Å². The number of hydrogen-bond acceptors (Lipinski definition) is 4. The van der Waals surface area contributed by atoms with Crippen molar-refractivity contribution in [2.24, 2.45) is 0 Å². The zero-order valence-corrected chi connectivity index (χ0v) is 14.3. The van der Waals surface area contributed by atoms with E-state index in [0.717, 1.165) is 17.1 Å². The Kier molecular flexibility index (Phi) is 4.10. The van der Waals surface area contributed by atoms with Crippen LogP contribution in [0, 0.1) is 20.8 Å². The van der Waals surface area contributed by atoms with Crippen LogP contribution in [0.3, 0.4) is 0 Å². The van der Waals surface area contributed by atoms with E-state index >= 15 is 0 Å². The molecule has 5 heteroatoms. The van der Waals surface area contributed by atoms with E-state index in [1.807, 2.05) is 57.2 Å². The Hall–Kier alpha value is -2.32. The molecule has 0 spiro atoms. The largest absolute Gasteiger partial charge is 0.304 e. The molecule has 23 heavy (non-hydrogen) atoms. The Bertz CT molecular complexity index is 790. The molecule has 3 rings (SSSR count). The number of aromatic nitrogens is 3. The fourth-order valence-electron chi connectivity index (χ4n) is 2.46. The number of rotatable bonds is 3. The van der Waals surface area contributed by atoms with E-state index in [4.69, 9.17) is 0 Å². The summed E-state index contributed by atoms with van der Waals surface area (Å²) in [4.78, 5) is 13.5. The van der Waals surface area contributed by atoms with E-state index < -0.39 is 7.14 Å². The lowest BCUT2D eigenvalue weighted by Crippen LogP contribution is -2.31. The molecule has 0 aromatic carbocycles. The van der Waals surface area contributed by atoms with Crippen molar-refractivity contribution in [3.63, 3.8) is 0 Å². The highest BCUT2D eigenvalue weighted by atomic mass is 31.2. The Morgan fingerprint density at radius 2 is 0.913 bits per heavy atom. The summed E-state index contributed by atoms with van der Waals surface area (Å²) in [5, 5.41) is 0. The highest BCUT2D eigenvalue weighted by Crippen LogP contribution is 2.40. The minimum atomic E-state index is -3.19. The molecule has 3 aromatic heterocycles. The van der Waals surface area contributed by atoms with E-state index in [9.17, 15) is 4.57 Å². The maximum atomic E-state index is 14.1. The minimum absolute atomic E-state index is 0.522. The molecule has 4 nitrogen and oxygen atoms in total. The molecular weight excluding hydrogens is 305 g/mol. The highest BCUT2D eigenvalue weighted by molar-refractivity contribution is 7.84. The first-order valence-electron chi connectivity index (χ1n) is 7.43. The van der Waals surface area contributed by atoms with Crippen LogP contribution in [0.25, 0.3) is 0 Å². The average Bonchev–Trinajstić information content (AvgIpc) is 2.54. The van der Waals surface area contributed by atoms with Gasteiger partial charge in [-0.3, -0.25) is 0 Å². The van der Waals surface area contributed by atoms with Crippen LogP contribution in [-0.2, 0) is 4.57 Å². The van der Waals surface area contributed by atoms with Crippen LogP contribution in [0.2, 0.25) is 0 Å². The second-order valence-corrected chi connectivity index (χ2v) is 8.11. The van der Waals surface area contributed by atoms with Crippen molar-refractivity contribution in [1.82, 2.24) is 15.0 Å². The van der Waals surface area contributed by atoms with Gasteiger partial charge in [0.25, 0.3) is 0 Å². The maximum absolute atomic E-state index is 14.1. The summed E-state index contributed by atoms with van der Waals surface area (Å²) in [7, 11) is -3.19. The smallest absolute Gasteiger partial charge is 0.223 e. The van der Waals surface area contributed by atoms with Crippen molar-refractivity contribution in [1.29, 1.82) is 0 Å². The lowest BCUT2D eigenvalue weighted by Gasteiger charge is -2.18. The van der Waals surface area contributed by atoms with Gasteiger partial charge < -0.3 is 4.57 Å². The van der Waals surface area contributed by atoms with Crippen molar-refractivity contribution in [3.8, 4) is 0 Å². The van der Waals surface area contributed by atoms with E-state index in [-0.39, 0.29) is 0 Å². The molecule has 3 aromatic rings. The first-order valence-corrected chi connectivity index (χ1v) is 9.13. The molecule has 0 amide bonds. The molecule has 0 aliphatic rings. The van der Waals surface area contributed by atoms with Crippen LogP contribution in [0.1, 0.15) is 17.1 Å². The van der Waals surface area contributed by atoms with Crippen molar-refractivity contribution < 1.29 is 4.57 Å². The number of hydrogen-bond donors (Lipinski definition) is 0. The zero-order valence-electron chi connectivity index (χ0n) is 13.4. The minimum Gasteiger partial charge on any atom is -0.304 e. The molecule has 0 atom stereocenters. The Morgan fingerprint density at radius 3 is 1.17 bits per heavy atom. The van der Waals surface area contributed by atoms with Gasteiger partial charge >= 0.3 is 0 Å². The monoisotopic (exact) mass is 323 g/mol. The lowest BCUT2D eigenvalue weighted by atomic mass is 10.4. The van der Waals surface area contributed by atoms with Crippen LogP contribution >= 0.6 is 7.14 Å². The summed E-state index contributed by atoms with van der Waals surface area (Å²) < 4.78 is 14.1. The SMILES string of the molecule is Cc1cccc(P(=O)(c2cccc(C)n2)c2cccc(C)n2)n1. The summed E-state index contributed by atoms with van der Waals surface area (Å²) in [6.07, 6.45) is 0. The fourth-order valence-corrected chi connectivity index (χ4v) is 4.95. The molecule has 0 N–H and O–H groups in total. The van der Waals surface area contributed by atoms with Gasteiger partial charge in [0.2, 0.25) is 7.14 Å². The molecule has 0 radical (unpaired) electrons. The van der Waals surface area contributed by atoms with E-state index in [2.05, 4.69) is 15.0 Å². The van der Waals surface area contributed by atoms with E-state index in [1.165, 1.54) is 0 Å². The van der Waals surface area contributed by atoms with Crippen molar-refractivity contribution in [2.75, 3.05) is 0 Å². The molecule has 0 saturated heterocycles. The van der Waals surface area contributed by atoms with Crippen molar-refractivity contribution in [2.45, 2.75) is 20.8 Å². The van der Waals surface area contributed by atoms with Crippen LogP contribution in [-0.4, -0.2) is 15.0 Å². The number of nitrogens with zero attached hydrogens (tertiary/aromatic N) is 3. The lowest BCUT2D eigenvalue weighted by molar-refractivity contribution is 0.590. The number of aryl methyl sites for hydroxylation is 3. The standard InChI is InChI=1S/C18H18N3OP/c1-13-7-4-10-16(19-13)23(22,17-11-5-8-14(2)20-17)18-12-6-9-15(3)21-18/h4-12H,1-3H3. The van der Waals surface area contributed by atoms with Crippen molar-refractivity contribution in [3.05, 3.63) is 71.7 Å². The van der Waals surface area contributed by atoms with Gasteiger partial charge in [-0.1, -0.05) is 18.2 Å². The quantitative estimate of drug-likeness (QED) is 0.695. The Labute approximate surface area is 136 Å². The van der Waals surface area contributed by atoms with Gasteiger partial charge in [0, 0.05) is 17.1 Å². The predicted molar refractivity (Wildman–Crippen MR) is 93.4 cm³/mol. The third kappa shape index (κ3) is 2.95.